The molecule has 0 aromatic heterocycles. The summed E-state index contributed by atoms with van der Waals surface area (Å²) in [6.45, 7) is 0. The number of hydrogen-bond acceptors (Lipinski definition) is 0. The predicted molar refractivity (Wildman–Crippen MR) is 9.87 cm³/mol. The molecule has 0 N–H and O–H groups in total. The quantitative estimate of drug-likeness (QED) is 0.283. The summed E-state index contributed by atoms with van der Waals surface area (Å²) in [5.41, 5.74) is 0. The van der Waals surface area contributed by atoms with Crippen LogP contribution < -0.4 is 48.0 Å². The standard InChI is InChI=1S/Ca.2HI.6O/h;2*1H;;;;;;/q+2;;;6*-2/p-2. The van der Waals surface area contributed by atoms with Crippen LogP contribution in [0.5, 0.6) is 0 Å². The molecule has 0 aromatic carbocycles. The van der Waals surface area contributed by atoms with Gasteiger partial charge in [-0.3, -0.25) is 0 Å². The van der Waals surface area contributed by atoms with Gasteiger partial charge in [0.25, 0.3) is 0 Å². The molecule has 0 fully saturated rings. The molecule has 0 aliphatic heterocycles. The Kier molecular flexibility index (Phi) is 3490. The summed E-state index contributed by atoms with van der Waals surface area (Å²) in [5, 5.41) is 0. The maximum absolute atomic E-state index is 0. The van der Waals surface area contributed by atoms with E-state index in [-0.39, 0.29) is 119 Å². The third kappa shape index (κ3) is 123. The van der Waals surface area contributed by atoms with E-state index in [0.717, 1.165) is 0 Å². The first-order valence-corrected chi connectivity index (χ1v) is 0. The van der Waals surface area contributed by atoms with Crippen LogP contribution in [0.4, 0.5) is 0 Å². The van der Waals surface area contributed by atoms with Crippen molar-refractivity contribution in [2.45, 2.75) is 0 Å². The number of halogens is 2. The van der Waals surface area contributed by atoms with E-state index in [1.54, 1.807) is 0 Å². The molecule has 0 unspecified atom stereocenters. The fourth-order valence-corrected chi connectivity index (χ4v) is 0. The molecule has 0 saturated heterocycles. The van der Waals surface area contributed by atoms with E-state index in [4.69, 9.17) is 0 Å². The van der Waals surface area contributed by atoms with Gasteiger partial charge in [0, 0.05) is 0 Å². The summed E-state index contributed by atoms with van der Waals surface area (Å²) in [7, 11) is 0. The fraction of sp³-hybridized carbons (Fsp3) is 0. The minimum atomic E-state index is 0. The van der Waals surface area contributed by atoms with Crippen LogP contribution in [0, 0.1) is 0 Å². The first kappa shape index (κ1) is 205. The van der Waals surface area contributed by atoms with Crippen molar-refractivity contribution < 1.29 is 80.8 Å². The Balaban J connectivity index is 0. The number of rotatable bonds is 0. The minimum absolute atomic E-state index is 0. The SMILES string of the molecule is [Ca+2].[I-].[I-].[O-2].[O-2].[O-2].[O-2].[O-2].[O-2]. The average Bonchev–Trinajstić information content (AvgIpc) is 0. The molecule has 0 radical (unpaired) electrons. The molecule has 0 amide bonds. The molecule has 9 heteroatoms. The van der Waals surface area contributed by atoms with E-state index in [1.165, 1.54) is 0 Å². The molecular weight excluding hydrogens is 390 g/mol. The summed E-state index contributed by atoms with van der Waals surface area (Å²) < 4.78 is 0. The Morgan fingerprint density at radius 1 is 0.333 bits per heavy atom. The first-order valence-electron chi connectivity index (χ1n) is 0. The molecule has 0 atom stereocenters. The zero-order valence-electron chi connectivity index (χ0n) is 3.91. The van der Waals surface area contributed by atoms with Gasteiger partial charge < -0.3 is 80.8 Å². The van der Waals surface area contributed by atoms with Gasteiger partial charge in [-0.15, -0.1) is 0 Å². The molecule has 0 aliphatic carbocycles. The van der Waals surface area contributed by atoms with E-state index in [0.29, 0.717) is 0 Å². The van der Waals surface area contributed by atoms with Crippen molar-refractivity contribution in [3.05, 3.63) is 0 Å². The van der Waals surface area contributed by atoms with Crippen molar-refractivity contribution in [2.24, 2.45) is 0 Å². The van der Waals surface area contributed by atoms with Crippen LogP contribution in [0.2, 0.25) is 0 Å². The van der Waals surface area contributed by atoms with Crippen molar-refractivity contribution in [1.29, 1.82) is 0 Å². The van der Waals surface area contributed by atoms with Gasteiger partial charge in [-0.2, -0.15) is 0 Å². The maximum atomic E-state index is 0. The van der Waals surface area contributed by atoms with Gasteiger partial charge >= 0.3 is 37.7 Å². The smallest absolute Gasteiger partial charge is 2.00 e. The van der Waals surface area contributed by atoms with Crippen LogP contribution in [-0.2, 0) is 32.9 Å². The van der Waals surface area contributed by atoms with Crippen molar-refractivity contribution in [3.63, 3.8) is 0 Å². The predicted octanol–water partition coefficient (Wildman–Crippen LogP) is -7.09. The second-order valence-corrected chi connectivity index (χ2v) is 0. The first-order chi connectivity index (χ1) is 0. The molecular formula is CaI2O6-12. The Morgan fingerprint density at radius 2 is 0.333 bits per heavy atom. The Hall–Kier alpha value is 2.48. The van der Waals surface area contributed by atoms with Crippen molar-refractivity contribution in [1.82, 2.24) is 0 Å². The van der Waals surface area contributed by atoms with Gasteiger partial charge in [-0.05, 0) is 0 Å². The van der Waals surface area contributed by atoms with Crippen LogP contribution in [0.3, 0.4) is 0 Å². The van der Waals surface area contributed by atoms with E-state index in [9.17, 15) is 0 Å². The molecule has 64 valence electrons. The third-order valence-electron chi connectivity index (χ3n) is 0. The monoisotopic (exact) mass is 390 g/mol. The molecule has 0 rings (SSSR count). The van der Waals surface area contributed by atoms with Gasteiger partial charge in [-0.25, -0.2) is 0 Å². The molecule has 0 saturated carbocycles. The summed E-state index contributed by atoms with van der Waals surface area (Å²) in [6, 6.07) is 0. The van der Waals surface area contributed by atoms with Crippen molar-refractivity contribution in [3.8, 4) is 0 Å². The van der Waals surface area contributed by atoms with E-state index < -0.39 is 0 Å². The van der Waals surface area contributed by atoms with Crippen molar-refractivity contribution in [2.75, 3.05) is 0 Å². The fourth-order valence-electron chi connectivity index (χ4n) is 0. The normalized spacial score (nSPS) is 0. The van der Waals surface area contributed by atoms with Gasteiger partial charge in [-0.1, -0.05) is 0 Å². The second kappa shape index (κ2) is 153. The minimum Gasteiger partial charge on any atom is -2.00 e. The molecule has 0 bridgehead atoms. The maximum Gasteiger partial charge on any atom is 2.00 e. The summed E-state index contributed by atoms with van der Waals surface area (Å²) in [4.78, 5) is 0. The third-order valence-corrected chi connectivity index (χ3v) is 0. The summed E-state index contributed by atoms with van der Waals surface area (Å²) in [6.07, 6.45) is 0. The summed E-state index contributed by atoms with van der Waals surface area (Å²) >= 11 is 0. The van der Waals surface area contributed by atoms with E-state index >= 15 is 0 Å². The zero-order chi connectivity index (χ0) is 0. The van der Waals surface area contributed by atoms with Gasteiger partial charge in [0.2, 0.25) is 0 Å². The van der Waals surface area contributed by atoms with Gasteiger partial charge in [0.05, 0.1) is 0 Å². The van der Waals surface area contributed by atoms with E-state index in [1.807, 2.05) is 0 Å². The van der Waals surface area contributed by atoms with Crippen LogP contribution in [0.25, 0.3) is 0 Å². The van der Waals surface area contributed by atoms with E-state index in [2.05, 4.69) is 0 Å². The Bertz CT molecular complexity index is 11.0. The molecule has 9 heavy (non-hydrogen) atoms. The van der Waals surface area contributed by atoms with Crippen LogP contribution in [0.15, 0.2) is 0 Å². The summed E-state index contributed by atoms with van der Waals surface area (Å²) in [5.74, 6) is 0. The Labute approximate surface area is 117 Å². The Morgan fingerprint density at radius 3 is 0.333 bits per heavy atom. The molecule has 0 spiro atoms. The van der Waals surface area contributed by atoms with Crippen molar-refractivity contribution >= 4 is 37.7 Å². The number of hydrogen-bond donors (Lipinski definition) is 0. The van der Waals surface area contributed by atoms with Crippen LogP contribution in [0.1, 0.15) is 0 Å². The van der Waals surface area contributed by atoms with Gasteiger partial charge in [0.1, 0.15) is 0 Å². The topological polar surface area (TPSA) is 171 Å². The zero-order valence-corrected chi connectivity index (χ0v) is 10.4. The second-order valence-electron chi connectivity index (χ2n) is 0. The average molecular weight is 390 g/mol. The molecule has 0 aliphatic rings. The molecule has 0 aromatic rings. The van der Waals surface area contributed by atoms with Crippen LogP contribution in [-0.4, -0.2) is 37.7 Å². The van der Waals surface area contributed by atoms with Crippen LogP contribution >= 0.6 is 0 Å². The molecule has 6 nitrogen and oxygen atoms in total. The van der Waals surface area contributed by atoms with Gasteiger partial charge in [0.15, 0.2) is 0 Å². The largest absolute Gasteiger partial charge is 2.00 e. The molecule has 0 heterocycles.